The van der Waals surface area contributed by atoms with Crippen molar-refractivity contribution in [2.45, 2.75) is 12.3 Å². The molecule has 0 aliphatic carbocycles. The van der Waals surface area contributed by atoms with Gasteiger partial charge in [-0.2, -0.15) is 13.2 Å². The van der Waals surface area contributed by atoms with Crippen molar-refractivity contribution in [1.29, 1.82) is 0 Å². The first-order chi connectivity index (χ1) is 7.84. The fourth-order valence-corrected chi connectivity index (χ4v) is 1.48. The maximum absolute atomic E-state index is 12.5. The van der Waals surface area contributed by atoms with E-state index in [1.54, 1.807) is 0 Å². The first-order valence-corrected chi connectivity index (χ1v) is 5.60. The summed E-state index contributed by atoms with van der Waals surface area (Å²) in [5, 5.41) is 11.4. The Kier molecular flexibility index (Phi) is 4.91. The van der Waals surface area contributed by atoms with E-state index in [4.69, 9.17) is 28.3 Å². The number of alkyl halides is 4. The minimum Gasteiger partial charge on any atom is -0.390 e. The lowest BCUT2D eigenvalue weighted by atomic mass is 10.2. The van der Waals surface area contributed by atoms with Gasteiger partial charge in [-0.1, -0.05) is 11.6 Å². The highest BCUT2D eigenvalue weighted by Crippen LogP contribution is 2.36. The van der Waals surface area contributed by atoms with Gasteiger partial charge in [0.1, 0.15) is 0 Å². The van der Waals surface area contributed by atoms with Gasteiger partial charge in [-0.05, 0) is 18.2 Å². The Bertz CT molecular complexity index is 384. The van der Waals surface area contributed by atoms with E-state index in [2.05, 4.69) is 5.32 Å². The van der Waals surface area contributed by atoms with Crippen LogP contribution in [0.4, 0.5) is 18.9 Å². The maximum Gasteiger partial charge on any atom is 0.417 e. The largest absolute Gasteiger partial charge is 0.417 e. The van der Waals surface area contributed by atoms with Crippen LogP contribution in [0.15, 0.2) is 18.2 Å². The molecule has 0 aromatic heterocycles. The molecule has 0 radical (unpaired) electrons. The number of hydrogen-bond acceptors (Lipinski definition) is 2. The fraction of sp³-hybridized carbons (Fsp3) is 0.400. The summed E-state index contributed by atoms with van der Waals surface area (Å²) in [5.74, 6) is 0.00666. The van der Waals surface area contributed by atoms with Crippen LogP contribution in [0.5, 0.6) is 0 Å². The molecule has 0 saturated carbocycles. The quantitative estimate of drug-likeness (QED) is 0.833. The van der Waals surface area contributed by atoms with Crippen molar-refractivity contribution in [3.05, 3.63) is 28.8 Å². The number of halogens is 5. The van der Waals surface area contributed by atoms with Crippen LogP contribution in [0.25, 0.3) is 0 Å². The number of aliphatic hydroxyl groups excluding tert-OH is 1. The van der Waals surface area contributed by atoms with E-state index in [1.165, 1.54) is 6.07 Å². The second-order valence-electron chi connectivity index (χ2n) is 3.38. The second-order valence-corrected chi connectivity index (χ2v) is 4.10. The number of hydrogen-bond donors (Lipinski definition) is 2. The van der Waals surface area contributed by atoms with E-state index in [0.29, 0.717) is 0 Å². The van der Waals surface area contributed by atoms with Gasteiger partial charge in [-0.3, -0.25) is 0 Å². The third-order valence-corrected chi connectivity index (χ3v) is 2.68. The van der Waals surface area contributed by atoms with Gasteiger partial charge in [-0.15, -0.1) is 11.6 Å². The van der Waals surface area contributed by atoms with Crippen LogP contribution in [0, 0.1) is 0 Å². The van der Waals surface area contributed by atoms with Crippen LogP contribution in [0.2, 0.25) is 5.02 Å². The van der Waals surface area contributed by atoms with Crippen molar-refractivity contribution in [2.75, 3.05) is 17.7 Å². The van der Waals surface area contributed by atoms with Crippen molar-refractivity contribution >= 4 is 28.9 Å². The molecule has 1 unspecified atom stereocenters. The topological polar surface area (TPSA) is 32.3 Å². The van der Waals surface area contributed by atoms with Crippen LogP contribution >= 0.6 is 23.2 Å². The molecule has 7 heteroatoms. The van der Waals surface area contributed by atoms with Gasteiger partial charge in [0.25, 0.3) is 0 Å². The van der Waals surface area contributed by atoms with E-state index in [1.807, 2.05) is 0 Å². The van der Waals surface area contributed by atoms with Gasteiger partial charge in [0.05, 0.1) is 22.6 Å². The third kappa shape index (κ3) is 4.26. The smallest absolute Gasteiger partial charge is 0.390 e. The van der Waals surface area contributed by atoms with Gasteiger partial charge in [-0.25, -0.2) is 0 Å². The minimum atomic E-state index is -4.50. The van der Waals surface area contributed by atoms with Crippen molar-refractivity contribution in [2.24, 2.45) is 0 Å². The number of nitrogens with one attached hydrogen (secondary N) is 1. The van der Waals surface area contributed by atoms with Crippen LogP contribution in [0.1, 0.15) is 5.56 Å². The molecule has 0 heterocycles. The summed E-state index contributed by atoms with van der Waals surface area (Å²) in [7, 11) is 0. The molecule has 1 aromatic carbocycles. The number of anilines is 1. The molecule has 0 aliphatic heterocycles. The Hall–Kier alpha value is -0.650. The molecule has 1 aromatic rings. The first kappa shape index (κ1) is 14.4. The summed E-state index contributed by atoms with van der Waals surface area (Å²) < 4.78 is 37.5. The molecule has 0 amide bonds. The van der Waals surface area contributed by atoms with Gasteiger partial charge >= 0.3 is 6.18 Å². The number of benzene rings is 1. The van der Waals surface area contributed by atoms with Gasteiger partial charge < -0.3 is 10.4 Å². The van der Waals surface area contributed by atoms with E-state index in [9.17, 15) is 13.2 Å². The lowest BCUT2D eigenvalue weighted by Gasteiger charge is -2.13. The lowest BCUT2D eigenvalue weighted by Crippen LogP contribution is -2.21. The third-order valence-electron chi connectivity index (χ3n) is 1.99. The molecule has 17 heavy (non-hydrogen) atoms. The number of aliphatic hydroxyl groups is 1. The van der Waals surface area contributed by atoms with Gasteiger partial charge in [0.15, 0.2) is 0 Å². The standard InChI is InChI=1S/C10H10Cl2F3NO/c11-4-7(17)5-16-6-1-2-9(12)8(3-6)10(13,14)15/h1-3,7,16-17H,4-5H2. The summed E-state index contributed by atoms with van der Waals surface area (Å²) in [6, 6.07) is 3.45. The Morgan fingerprint density at radius 2 is 2.00 bits per heavy atom. The molecule has 0 bridgehead atoms. The highest BCUT2D eigenvalue weighted by Gasteiger charge is 2.33. The minimum absolute atomic E-state index is 0.00666. The van der Waals surface area contributed by atoms with E-state index >= 15 is 0 Å². The number of rotatable bonds is 4. The zero-order valence-electron chi connectivity index (χ0n) is 8.56. The predicted molar refractivity (Wildman–Crippen MR) is 61.7 cm³/mol. The Labute approximate surface area is 106 Å². The molecule has 0 spiro atoms. The van der Waals surface area contributed by atoms with Crippen LogP contribution in [-0.4, -0.2) is 23.6 Å². The molecule has 0 saturated heterocycles. The summed E-state index contributed by atoms with van der Waals surface area (Å²) >= 11 is 10.8. The molecular formula is C10H10Cl2F3NO. The van der Waals surface area contributed by atoms with Crippen molar-refractivity contribution in [3.8, 4) is 0 Å². The molecule has 0 aliphatic rings. The van der Waals surface area contributed by atoms with Crippen LogP contribution < -0.4 is 5.32 Å². The van der Waals surface area contributed by atoms with E-state index in [0.717, 1.165) is 12.1 Å². The Morgan fingerprint density at radius 1 is 1.35 bits per heavy atom. The molecule has 1 atom stereocenters. The summed E-state index contributed by atoms with van der Waals surface area (Å²) in [5.41, 5.74) is -0.685. The van der Waals surface area contributed by atoms with Crippen molar-refractivity contribution in [3.63, 3.8) is 0 Å². The van der Waals surface area contributed by atoms with Gasteiger partial charge in [0.2, 0.25) is 0 Å². The van der Waals surface area contributed by atoms with Crippen molar-refractivity contribution in [1.82, 2.24) is 0 Å². The predicted octanol–water partition coefficient (Wildman–Crippen LogP) is 3.37. The molecule has 96 valence electrons. The monoisotopic (exact) mass is 287 g/mol. The van der Waals surface area contributed by atoms with Crippen molar-refractivity contribution < 1.29 is 18.3 Å². The average Bonchev–Trinajstić information content (AvgIpc) is 2.26. The summed E-state index contributed by atoms with van der Waals surface area (Å²) in [6.45, 7) is 0.0719. The zero-order chi connectivity index (χ0) is 13.1. The molecule has 2 nitrogen and oxygen atoms in total. The Balaban J connectivity index is 2.82. The highest BCUT2D eigenvalue weighted by atomic mass is 35.5. The summed E-state index contributed by atoms with van der Waals surface area (Å²) in [6.07, 6.45) is -5.32. The normalized spacial score (nSPS) is 13.5. The molecule has 1 rings (SSSR count). The van der Waals surface area contributed by atoms with Crippen LogP contribution in [-0.2, 0) is 6.18 Å². The Morgan fingerprint density at radius 3 is 2.53 bits per heavy atom. The lowest BCUT2D eigenvalue weighted by molar-refractivity contribution is -0.137. The first-order valence-electron chi connectivity index (χ1n) is 4.69. The highest BCUT2D eigenvalue weighted by molar-refractivity contribution is 6.31. The summed E-state index contributed by atoms with van der Waals surface area (Å²) in [4.78, 5) is 0. The van der Waals surface area contributed by atoms with E-state index < -0.39 is 17.8 Å². The average molecular weight is 288 g/mol. The zero-order valence-corrected chi connectivity index (χ0v) is 10.1. The second kappa shape index (κ2) is 5.80. The maximum atomic E-state index is 12.5. The molecule has 2 N–H and O–H groups in total. The fourth-order valence-electron chi connectivity index (χ4n) is 1.14. The van der Waals surface area contributed by atoms with Crippen LogP contribution in [0.3, 0.4) is 0 Å². The molecule has 0 fully saturated rings. The van der Waals surface area contributed by atoms with Gasteiger partial charge in [0, 0.05) is 12.2 Å². The van der Waals surface area contributed by atoms with E-state index in [-0.39, 0.29) is 23.1 Å². The molecular weight excluding hydrogens is 278 g/mol. The SMILES string of the molecule is OC(CCl)CNc1ccc(Cl)c(C(F)(F)F)c1.